The van der Waals surface area contributed by atoms with Gasteiger partial charge in [0.2, 0.25) is 0 Å². The first-order chi connectivity index (χ1) is 7.47. The van der Waals surface area contributed by atoms with E-state index in [0.717, 1.165) is 19.3 Å². The second-order valence-electron chi connectivity index (χ2n) is 5.07. The smallest absolute Gasteiger partial charge is 0.0192 e. The van der Waals surface area contributed by atoms with Crippen LogP contribution in [-0.4, -0.2) is 5.54 Å². The fraction of sp³-hybridized carbons (Fsp3) is 0.800. The second kappa shape index (κ2) is 7.70. The van der Waals surface area contributed by atoms with E-state index >= 15 is 0 Å². The average Bonchev–Trinajstić information content (AvgIpc) is 2.26. The monoisotopic (exact) mass is 223 g/mol. The molecule has 0 spiro atoms. The number of nitrogens with two attached hydrogens (primary N) is 1. The quantitative estimate of drug-likeness (QED) is 0.635. The van der Waals surface area contributed by atoms with E-state index in [2.05, 4.69) is 46.4 Å². The van der Waals surface area contributed by atoms with Gasteiger partial charge in [-0.15, -0.1) is 5.73 Å². The number of unbranched alkanes of at least 4 members (excludes halogenated alkanes) is 1. The van der Waals surface area contributed by atoms with Crippen LogP contribution in [0.5, 0.6) is 0 Å². The molecule has 2 N–H and O–H groups in total. The molecule has 16 heavy (non-hydrogen) atoms. The standard InChI is InChI=1S/C15H29N/c1-6-9-10-13(4)11-12-14(7-2)15(5,16)8-3/h12,14H,6-10,16H2,1-5H3. The summed E-state index contributed by atoms with van der Waals surface area (Å²) in [4.78, 5) is 0. The maximum atomic E-state index is 6.28. The lowest BCUT2D eigenvalue weighted by Gasteiger charge is -2.29. The Hall–Kier alpha value is -0.520. The summed E-state index contributed by atoms with van der Waals surface area (Å²) in [5.41, 5.74) is 11.0. The summed E-state index contributed by atoms with van der Waals surface area (Å²) in [5.74, 6) is 0.439. The molecule has 1 nitrogen and oxygen atoms in total. The Bertz CT molecular complexity index is 244. The van der Waals surface area contributed by atoms with E-state index in [-0.39, 0.29) is 5.54 Å². The predicted molar refractivity (Wildman–Crippen MR) is 73.5 cm³/mol. The minimum absolute atomic E-state index is 0.0905. The van der Waals surface area contributed by atoms with Crippen molar-refractivity contribution < 1.29 is 0 Å². The van der Waals surface area contributed by atoms with Crippen LogP contribution in [0.4, 0.5) is 0 Å². The van der Waals surface area contributed by atoms with Crippen LogP contribution in [0.1, 0.15) is 66.7 Å². The molecule has 2 atom stereocenters. The summed E-state index contributed by atoms with van der Waals surface area (Å²) in [5, 5.41) is 0. The van der Waals surface area contributed by atoms with Crippen molar-refractivity contribution in [2.24, 2.45) is 11.7 Å². The van der Waals surface area contributed by atoms with E-state index in [1.54, 1.807) is 0 Å². The van der Waals surface area contributed by atoms with Crippen LogP contribution in [0.15, 0.2) is 17.4 Å². The van der Waals surface area contributed by atoms with Crippen LogP contribution in [-0.2, 0) is 0 Å². The highest BCUT2D eigenvalue weighted by Gasteiger charge is 2.24. The van der Waals surface area contributed by atoms with Gasteiger partial charge < -0.3 is 5.73 Å². The normalized spacial score (nSPS) is 16.1. The zero-order chi connectivity index (χ0) is 12.6. The van der Waals surface area contributed by atoms with Crippen molar-refractivity contribution in [3.05, 3.63) is 17.4 Å². The molecule has 0 aliphatic heterocycles. The van der Waals surface area contributed by atoms with E-state index < -0.39 is 0 Å². The molecular weight excluding hydrogens is 194 g/mol. The summed E-state index contributed by atoms with van der Waals surface area (Å²) >= 11 is 0. The molecular formula is C15H29N. The van der Waals surface area contributed by atoms with Gasteiger partial charge in [-0.3, -0.25) is 0 Å². The third-order valence-corrected chi connectivity index (χ3v) is 3.48. The topological polar surface area (TPSA) is 26.0 Å². The van der Waals surface area contributed by atoms with Crippen LogP contribution in [0.3, 0.4) is 0 Å². The Morgan fingerprint density at radius 1 is 1.38 bits per heavy atom. The molecule has 0 aromatic heterocycles. The fourth-order valence-corrected chi connectivity index (χ4v) is 1.79. The first-order valence-electron chi connectivity index (χ1n) is 6.69. The van der Waals surface area contributed by atoms with Crippen molar-refractivity contribution in [3.8, 4) is 0 Å². The van der Waals surface area contributed by atoms with E-state index in [4.69, 9.17) is 5.73 Å². The summed E-state index contributed by atoms with van der Waals surface area (Å²) < 4.78 is 0. The largest absolute Gasteiger partial charge is 0.325 e. The highest BCUT2D eigenvalue weighted by Crippen LogP contribution is 2.22. The van der Waals surface area contributed by atoms with Crippen LogP contribution < -0.4 is 5.73 Å². The van der Waals surface area contributed by atoms with Crippen LogP contribution in [0, 0.1) is 5.92 Å². The molecule has 0 amide bonds. The molecule has 94 valence electrons. The molecule has 0 rings (SSSR count). The summed E-state index contributed by atoms with van der Waals surface area (Å²) in [6.07, 6.45) is 7.97. The summed E-state index contributed by atoms with van der Waals surface area (Å²) in [6, 6.07) is 0. The molecule has 0 bridgehead atoms. The Balaban J connectivity index is 4.58. The molecule has 2 unspecified atom stereocenters. The van der Waals surface area contributed by atoms with E-state index in [0.29, 0.717) is 5.92 Å². The molecule has 0 aliphatic carbocycles. The maximum Gasteiger partial charge on any atom is 0.0192 e. The van der Waals surface area contributed by atoms with E-state index in [1.807, 2.05) is 0 Å². The first-order valence-corrected chi connectivity index (χ1v) is 6.69. The maximum absolute atomic E-state index is 6.28. The Morgan fingerprint density at radius 2 is 2.00 bits per heavy atom. The van der Waals surface area contributed by atoms with Gasteiger partial charge in [0.15, 0.2) is 0 Å². The number of hydrogen-bond donors (Lipinski definition) is 1. The van der Waals surface area contributed by atoms with Gasteiger partial charge >= 0.3 is 0 Å². The SMILES string of the molecule is CCCCC(C)=C=CC(CC)C(C)(N)CC. The van der Waals surface area contributed by atoms with Crippen LogP contribution >= 0.6 is 0 Å². The first kappa shape index (κ1) is 15.5. The van der Waals surface area contributed by atoms with Gasteiger partial charge in [-0.2, -0.15) is 0 Å². The van der Waals surface area contributed by atoms with Gasteiger partial charge in [0.05, 0.1) is 0 Å². The highest BCUT2D eigenvalue weighted by atomic mass is 14.7. The van der Waals surface area contributed by atoms with Crippen molar-refractivity contribution in [2.45, 2.75) is 72.3 Å². The zero-order valence-corrected chi connectivity index (χ0v) is 11.8. The Labute approximate surface area is 102 Å². The van der Waals surface area contributed by atoms with Gasteiger partial charge in [0, 0.05) is 11.5 Å². The third kappa shape index (κ3) is 5.53. The predicted octanol–water partition coefficient (Wildman–Crippen LogP) is 4.43. The molecule has 0 aromatic rings. The summed E-state index contributed by atoms with van der Waals surface area (Å²) in [7, 11) is 0. The molecule has 0 aromatic carbocycles. The lowest BCUT2D eigenvalue weighted by Crippen LogP contribution is -2.42. The van der Waals surface area contributed by atoms with Crippen molar-refractivity contribution in [1.29, 1.82) is 0 Å². The number of hydrogen-bond acceptors (Lipinski definition) is 1. The summed E-state index contributed by atoms with van der Waals surface area (Å²) in [6.45, 7) is 10.9. The van der Waals surface area contributed by atoms with E-state index in [9.17, 15) is 0 Å². The van der Waals surface area contributed by atoms with Gasteiger partial charge in [0.25, 0.3) is 0 Å². The lowest BCUT2D eigenvalue weighted by molar-refractivity contribution is 0.330. The minimum Gasteiger partial charge on any atom is -0.325 e. The minimum atomic E-state index is -0.0905. The van der Waals surface area contributed by atoms with Gasteiger partial charge in [-0.05, 0) is 51.2 Å². The molecule has 0 saturated heterocycles. The molecule has 1 heteroatoms. The molecule has 0 radical (unpaired) electrons. The Kier molecular flexibility index (Phi) is 7.45. The lowest BCUT2D eigenvalue weighted by atomic mass is 9.82. The highest BCUT2D eigenvalue weighted by molar-refractivity contribution is 5.04. The second-order valence-corrected chi connectivity index (χ2v) is 5.07. The van der Waals surface area contributed by atoms with Crippen LogP contribution in [0.25, 0.3) is 0 Å². The van der Waals surface area contributed by atoms with Gasteiger partial charge in [0.1, 0.15) is 0 Å². The number of rotatable bonds is 7. The molecule has 0 aliphatic rings. The molecule has 0 fully saturated rings. The Morgan fingerprint density at radius 3 is 2.44 bits per heavy atom. The van der Waals surface area contributed by atoms with Crippen molar-refractivity contribution in [3.63, 3.8) is 0 Å². The van der Waals surface area contributed by atoms with E-state index in [1.165, 1.54) is 18.4 Å². The van der Waals surface area contributed by atoms with Gasteiger partial charge in [-0.25, -0.2) is 0 Å². The molecule has 0 saturated carbocycles. The van der Waals surface area contributed by atoms with Crippen LogP contribution in [0.2, 0.25) is 0 Å². The molecule has 0 heterocycles. The fourth-order valence-electron chi connectivity index (χ4n) is 1.79. The van der Waals surface area contributed by atoms with Crippen molar-refractivity contribution in [2.75, 3.05) is 0 Å². The third-order valence-electron chi connectivity index (χ3n) is 3.48. The zero-order valence-electron chi connectivity index (χ0n) is 11.8. The average molecular weight is 223 g/mol. The van der Waals surface area contributed by atoms with Crippen molar-refractivity contribution >= 4 is 0 Å². The van der Waals surface area contributed by atoms with Crippen molar-refractivity contribution in [1.82, 2.24) is 0 Å². The van der Waals surface area contributed by atoms with Gasteiger partial charge in [-0.1, -0.05) is 27.2 Å².